The number of fused-ring (bicyclic) bond motifs is 3. The molecule has 0 radical (unpaired) electrons. The summed E-state index contributed by atoms with van der Waals surface area (Å²) >= 11 is 3.41. The van der Waals surface area contributed by atoms with Gasteiger partial charge >= 0.3 is 0 Å². The van der Waals surface area contributed by atoms with Crippen LogP contribution in [0.3, 0.4) is 0 Å². The Morgan fingerprint density at radius 2 is 2.38 bits per heavy atom. The average molecular weight is 350 g/mol. The molecule has 0 saturated carbocycles. The third-order valence-corrected chi connectivity index (χ3v) is 5.31. The molecule has 2 aromatic rings. The second-order valence-electron chi connectivity index (χ2n) is 6.03. The number of pyridine rings is 1. The maximum atomic E-state index is 12.4. The van der Waals surface area contributed by atoms with Crippen LogP contribution in [0.1, 0.15) is 23.8 Å². The van der Waals surface area contributed by atoms with Crippen LogP contribution in [0.2, 0.25) is 0 Å². The fourth-order valence-electron chi connectivity index (χ4n) is 3.52. The summed E-state index contributed by atoms with van der Waals surface area (Å²) < 4.78 is 6.16. The number of furan rings is 1. The van der Waals surface area contributed by atoms with Gasteiger partial charge in [-0.2, -0.15) is 0 Å². The van der Waals surface area contributed by atoms with Gasteiger partial charge in [0.15, 0.2) is 5.58 Å². The van der Waals surface area contributed by atoms with E-state index in [-0.39, 0.29) is 11.9 Å². The topological polar surface area (TPSA) is 58.4 Å². The molecule has 1 N–H and O–H groups in total. The number of piperidine rings is 1. The molecule has 4 unspecified atom stereocenters. The van der Waals surface area contributed by atoms with Crippen molar-refractivity contribution in [2.24, 2.45) is 5.92 Å². The monoisotopic (exact) mass is 349 g/mol. The van der Waals surface area contributed by atoms with Crippen LogP contribution in [0, 0.1) is 5.92 Å². The molecule has 2 aliphatic rings. The molecular weight excluding hydrogens is 334 g/mol. The number of hydrogen-bond donors (Lipinski definition) is 1. The van der Waals surface area contributed by atoms with Crippen molar-refractivity contribution in [2.45, 2.75) is 25.4 Å². The summed E-state index contributed by atoms with van der Waals surface area (Å²) in [5.41, 5.74) is 1.12. The van der Waals surface area contributed by atoms with Crippen molar-refractivity contribution in [1.82, 2.24) is 15.2 Å². The summed E-state index contributed by atoms with van der Waals surface area (Å²) in [6.07, 6.45) is 4.38. The van der Waals surface area contributed by atoms with Gasteiger partial charge in [0, 0.05) is 30.6 Å². The van der Waals surface area contributed by atoms with Gasteiger partial charge in [0.25, 0.3) is 5.91 Å². The number of halogens is 1. The Balaban J connectivity index is 1.53. The van der Waals surface area contributed by atoms with Gasteiger partial charge < -0.3 is 9.73 Å². The van der Waals surface area contributed by atoms with E-state index in [1.807, 2.05) is 0 Å². The lowest BCUT2D eigenvalue weighted by molar-refractivity contribution is 0.0914. The van der Waals surface area contributed by atoms with E-state index in [9.17, 15) is 4.79 Å². The minimum absolute atomic E-state index is 0.101. The van der Waals surface area contributed by atoms with Crippen molar-refractivity contribution in [3.63, 3.8) is 0 Å². The molecular formula is C15H16BrN3O2. The van der Waals surface area contributed by atoms with E-state index in [2.05, 4.69) is 38.1 Å². The summed E-state index contributed by atoms with van der Waals surface area (Å²) in [4.78, 5) is 19.0. The number of hydrogen-bond acceptors (Lipinski definition) is 4. The summed E-state index contributed by atoms with van der Waals surface area (Å²) in [7, 11) is 0. The highest BCUT2D eigenvalue weighted by atomic mass is 79.9. The van der Waals surface area contributed by atoms with Crippen LogP contribution in [-0.4, -0.2) is 41.0 Å². The lowest BCUT2D eigenvalue weighted by atomic mass is 9.96. The van der Waals surface area contributed by atoms with Crippen molar-refractivity contribution in [2.75, 3.05) is 13.1 Å². The molecule has 2 saturated heterocycles. The van der Waals surface area contributed by atoms with Crippen molar-refractivity contribution in [3.05, 3.63) is 28.7 Å². The molecule has 2 bridgehead atoms. The van der Waals surface area contributed by atoms with Gasteiger partial charge in [-0.3, -0.25) is 9.69 Å². The predicted octanol–water partition coefficient (Wildman–Crippen LogP) is 2.41. The van der Waals surface area contributed by atoms with Crippen molar-refractivity contribution in [3.8, 4) is 0 Å². The lowest BCUT2D eigenvalue weighted by Crippen LogP contribution is -2.45. The Hall–Kier alpha value is -1.40. The summed E-state index contributed by atoms with van der Waals surface area (Å²) in [6, 6.07) is 2.67. The standard InChI is InChI=1S/C15H16BrN3O2/c1-8-2-9-5-19(8)6-13(9)18-15(20)12-3-10-11(16)7-21-14(10)4-17-12/h3-4,7-9,13H,2,5-6H2,1H3,(H,18,20). The number of aromatic nitrogens is 1. The van der Waals surface area contributed by atoms with E-state index in [4.69, 9.17) is 4.42 Å². The quantitative estimate of drug-likeness (QED) is 0.904. The average Bonchev–Trinajstić information content (AvgIpc) is 3.13. The second kappa shape index (κ2) is 4.81. The first-order chi connectivity index (χ1) is 10.1. The van der Waals surface area contributed by atoms with Gasteiger partial charge in [-0.15, -0.1) is 0 Å². The Morgan fingerprint density at radius 1 is 1.52 bits per heavy atom. The smallest absolute Gasteiger partial charge is 0.270 e. The molecule has 4 heterocycles. The zero-order valence-electron chi connectivity index (χ0n) is 11.7. The molecule has 110 valence electrons. The fourth-order valence-corrected chi connectivity index (χ4v) is 3.93. The number of carbonyl (C=O) groups is 1. The minimum atomic E-state index is -0.101. The zero-order valence-corrected chi connectivity index (χ0v) is 13.3. The predicted molar refractivity (Wildman–Crippen MR) is 82.1 cm³/mol. The number of nitrogens with zero attached hydrogens (tertiary/aromatic N) is 2. The largest absolute Gasteiger partial charge is 0.461 e. The maximum absolute atomic E-state index is 12.4. The van der Waals surface area contributed by atoms with Crippen LogP contribution in [-0.2, 0) is 0 Å². The van der Waals surface area contributed by atoms with E-state index in [0.717, 1.165) is 22.9 Å². The molecule has 2 fully saturated rings. The van der Waals surface area contributed by atoms with Gasteiger partial charge in [-0.25, -0.2) is 4.98 Å². The van der Waals surface area contributed by atoms with Gasteiger partial charge in [-0.1, -0.05) is 0 Å². The molecule has 21 heavy (non-hydrogen) atoms. The Morgan fingerprint density at radius 3 is 3.10 bits per heavy atom. The number of nitrogens with one attached hydrogen (secondary N) is 1. The second-order valence-corrected chi connectivity index (χ2v) is 6.88. The van der Waals surface area contributed by atoms with Crippen LogP contribution in [0.25, 0.3) is 11.0 Å². The van der Waals surface area contributed by atoms with Crippen molar-refractivity contribution in [1.29, 1.82) is 0 Å². The molecule has 4 atom stereocenters. The lowest BCUT2D eigenvalue weighted by Gasteiger charge is -2.27. The zero-order chi connectivity index (χ0) is 14.6. The van der Waals surface area contributed by atoms with Crippen LogP contribution in [0.15, 0.2) is 27.4 Å². The first-order valence-corrected chi connectivity index (χ1v) is 7.99. The molecule has 0 aliphatic carbocycles. The Kier molecular flexibility index (Phi) is 3.04. The first-order valence-electron chi connectivity index (χ1n) is 7.19. The van der Waals surface area contributed by atoms with E-state index in [1.165, 1.54) is 6.42 Å². The summed E-state index contributed by atoms with van der Waals surface area (Å²) in [6.45, 7) is 4.31. The fraction of sp³-hybridized carbons (Fsp3) is 0.467. The van der Waals surface area contributed by atoms with Gasteiger partial charge in [0.1, 0.15) is 12.0 Å². The van der Waals surface area contributed by atoms with Gasteiger partial charge in [0.2, 0.25) is 0 Å². The Bertz CT molecular complexity index is 712. The first kappa shape index (κ1) is 13.3. The molecule has 2 aromatic heterocycles. The molecule has 4 rings (SSSR count). The SMILES string of the molecule is CC1CC2CN1CC2NC(=O)c1cc2c(Br)coc2cn1. The van der Waals surface area contributed by atoms with E-state index in [1.54, 1.807) is 18.5 Å². The van der Waals surface area contributed by atoms with Crippen LogP contribution >= 0.6 is 15.9 Å². The molecule has 0 aromatic carbocycles. The molecule has 2 aliphatic heterocycles. The van der Waals surface area contributed by atoms with Crippen LogP contribution < -0.4 is 5.32 Å². The molecule has 0 spiro atoms. The maximum Gasteiger partial charge on any atom is 0.270 e. The van der Waals surface area contributed by atoms with Crippen molar-refractivity contribution < 1.29 is 9.21 Å². The molecule has 5 nitrogen and oxygen atoms in total. The molecule has 6 heteroatoms. The highest BCUT2D eigenvalue weighted by Gasteiger charge is 2.42. The summed E-state index contributed by atoms with van der Waals surface area (Å²) in [5.74, 6) is 0.477. The van der Waals surface area contributed by atoms with E-state index < -0.39 is 0 Å². The number of rotatable bonds is 2. The highest BCUT2D eigenvalue weighted by molar-refractivity contribution is 9.10. The Labute approximate surface area is 130 Å². The van der Waals surface area contributed by atoms with Gasteiger partial charge in [0.05, 0.1) is 10.7 Å². The summed E-state index contributed by atoms with van der Waals surface area (Å²) in [5, 5.41) is 4.01. The minimum Gasteiger partial charge on any atom is -0.461 e. The number of amides is 1. The normalized spacial score (nSPS) is 31.0. The van der Waals surface area contributed by atoms with Crippen LogP contribution in [0.5, 0.6) is 0 Å². The van der Waals surface area contributed by atoms with Crippen molar-refractivity contribution >= 4 is 32.8 Å². The van der Waals surface area contributed by atoms with Gasteiger partial charge in [-0.05, 0) is 41.3 Å². The third kappa shape index (κ3) is 2.17. The molecule has 1 amide bonds. The highest BCUT2D eigenvalue weighted by Crippen LogP contribution is 2.33. The number of carbonyl (C=O) groups excluding carboxylic acids is 1. The van der Waals surface area contributed by atoms with E-state index in [0.29, 0.717) is 23.2 Å². The van der Waals surface area contributed by atoms with E-state index >= 15 is 0 Å². The van der Waals surface area contributed by atoms with Crippen LogP contribution in [0.4, 0.5) is 0 Å². The third-order valence-electron chi connectivity index (χ3n) is 4.70.